The van der Waals surface area contributed by atoms with Gasteiger partial charge in [-0.3, -0.25) is 19.4 Å². The quantitative estimate of drug-likeness (QED) is 0.583. The van der Waals surface area contributed by atoms with E-state index in [0.717, 1.165) is 70.5 Å². The van der Waals surface area contributed by atoms with Crippen LogP contribution in [0.2, 0.25) is 0 Å². The van der Waals surface area contributed by atoms with Crippen LogP contribution < -0.4 is 5.32 Å². The number of nitrogens with zero attached hydrogens (tertiary/aromatic N) is 2. The Bertz CT molecular complexity index is 922. The third-order valence-electron chi connectivity index (χ3n) is 7.11. The number of ketones is 1. The van der Waals surface area contributed by atoms with E-state index in [1.807, 2.05) is 18.2 Å². The Labute approximate surface area is 198 Å². The van der Waals surface area contributed by atoms with Crippen LogP contribution in [0.5, 0.6) is 0 Å². The minimum absolute atomic E-state index is 0.121. The van der Waals surface area contributed by atoms with Gasteiger partial charge in [0.1, 0.15) is 0 Å². The van der Waals surface area contributed by atoms with Gasteiger partial charge in [-0.05, 0) is 68.8 Å². The first-order valence-electron chi connectivity index (χ1n) is 12.4. The van der Waals surface area contributed by atoms with Crippen molar-refractivity contribution in [3.63, 3.8) is 0 Å². The molecule has 0 aliphatic carbocycles. The molecule has 2 aliphatic rings. The molecule has 176 valence electrons. The van der Waals surface area contributed by atoms with Crippen molar-refractivity contribution in [2.75, 3.05) is 26.2 Å². The van der Waals surface area contributed by atoms with Crippen LogP contribution in [0.3, 0.4) is 0 Å². The van der Waals surface area contributed by atoms with Crippen LogP contribution in [0.1, 0.15) is 60.5 Å². The van der Waals surface area contributed by atoms with E-state index in [4.69, 9.17) is 0 Å². The number of Topliss-reactive ketones (excluding diaryl/α,β-unsaturated/α-hetero) is 1. The standard InChI is InChI=1S/C28H37N3O2/c1-22(32)26-9-5-8-25(18-26)20-30-15-12-23(13-16-30)10-11-28(33)29-27-14-17-31(21-27)19-24-6-3-2-4-7-24/h2-9,18,23,27H,10-17,19-21H2,1H3,(H,29,33)/t27-/m0/s1. The summed E-state index contributed by atoms with van der Waals surface area (Å²) < 4.78 is 0. The number of benzene rings is 2. The molecule has 1 N–H and O–H groups in total. The number of hydrogen-bond donors (Lipinski definition) is 1. The largest absolute Gasteiger partial charge is 0.352 e. The van der Waals surface area contributed by atoms with Gasteiger partial charge in [0.25, 0.3) is 0 Å². The van der Waals surface area contributed by atoms with Crippen molar-refractivity contribution < 1.29 is 9.59 Å². The zero-order valence-electron chi connectivity index (χ0n) is 19.8. The van der Waals surface area contributed by atoms with Gasteiger partial charge in [-0.15, -0.1) is 0 Å². The van der Waals surface area contributed by atoms with Gasteiger partial charge in [-0.2, -0.15) is 0 Å². The molecule has 0 aromatic heterocycles. The average molecular weight is 448 g/mol. The lowest BCUT2D eigenvalue weighted by atomic mass is 9.91. The number of likely N-dealkylation sites (tertiary alicyclic amines) is 2. The molecule has 2 fully saturated rings. The molecule has 2 saturated heterocycles. The Balaban J connectivity index is 1.12. The van der Waals surface area contributed by atoms with Crippen molar-refractivity contribution in [3.8, 4) is 0 Å². The molecule has 33 heavy (non-hydrogen) atoms. The fourth-order valence-corrected chi connectivity index (χ4v) is 5.15. The first-order chi connectivity index (χ1) is 16.0. The summed E-state index contributed by atoms with van der Waals surface area (Å²) in [6.45, 7) is 7.60. The fourth-order valence-electron chi connectivity index (χ4n) is 5.15. The maximum atomic E-state index is 12.5. The van der Waals surface area contributed by atoms with Gasteiger partial charge in [0.15, 0.2) is 5.78 Å². The molecule has 4 rings (SSSR count). The lowest BCUT2D eigenvalue weighted by molar-refractivity contribution is -0.122. The third kappa shape index (κ3) is 7.24. The summed E-state index contributed by atoms with van der Waals surface area (Å²) >= 11 is 0. The van der Waals surface area contributed by atoms with Crippen molar-refractivity contribution >= 4 is 11.7 Å². The van der Waals surface area contributed by atoms with E-state index in [2.05, 4.69) is 51.5 Å². The van der Waals surface area contributed by atoms with Gasteiger partial charge in [-0.25, -0.2) is 0 Å². The fraction of sp³-hybridized carbons (Fsp3) is 0.500. The van der Waals surface area contributed by atoms with Crippen molar-refractivity contribution in [1.82, 2.24) is 15.1 Å². The van der Waals surface area contributed by atoms with E-state index in [-0.39, 0.29) is 17.7 Å². The van der Waals surface area contributed by atoms with Gasteiger partial charge < -0.3 is 5.32 Å². The van der Waals surface area contributed by atoms with Crippen LogP contribution in [0.4, 0.5) is 0 Å². The molecular weight excluding hydrogens is 410 g/mol. The zero-order valence-corrected chi connectivity index (χ0v) is 19.8. The first kappa shape index (κ1) is 23.7. The Kier molecular flexibility index (Phi) is 8.30. The van der Waals surface area contributed by atoms with Crippen LogP contribution in [-0.2, 0) is 17.9 Å². The monoisotopic (exact) mass is 447 g/mol. The summed E-state index contributed by atoms with van der Waals surface area (Å²) in [5.41, 5.74) is 3.33. The van der Waals surface area contributed by atoms with Crippen LogP contribution in [0.25, 0.3) is 0 Å². The lowest BCUT2D eigenvalue weighted by Gasteiger charge is -2.32. The summed E-state index contributed by atoms with van der Waals surface area (Å²) in [4.78, 5) is 29.0. The minimum atomic E-state index is 0.121. The van der Waals surface area contributed by atoms with E-state index >= 15 is 0 Å². The Morgan fingerprint density at radius 2 is 1.58 bits per heavy atom. The lowest BCUT2D eigenvalue weighted by Crippen LogP contribution is -2.37. The Morgan fingerprint density at radius 3 is 2.33 bits per heavy atom. The van der Waals surface area contributed by atoms with E-state index in [1.54, 1.807) is 6.92 Å². The predicted molar refractivity (Wildman–Crippen MR) is 132 cm³/mol. The molecular formula is C28H37N3O2. The average Bonchev–Trinajstić information content (AvgIpc) is 3.26. The van der Waals surface area contributed by atoms with Crippen LogP contribution >= 0.6 is 0 Å². The second-order valence-electron chi connectivity index (χ2n) is 9.79. The molecule has 5 nitrogen and oxygen atoms in total. The van der Waals surface area contributed by atoms with Gasteiger partial charge in [-0.1, -0.05) is 48.5 Å². The maximum Gasteiger partial charge on any atom is 0.220 e. The Morgan fingerprint density at radius 1 is 0.879 bits per heavy atom. The molecule has 0 saturated carbocycles. The van der Waals surface area contributed by atoms with Crippen LogP contribution in [0.15, 0.2) is 54.6 Å². The topological polar surface area (TPSA) is 52.7 Å². The van der Waals surface area contributed by atoms with Crippen LogP contribution in [-0.4, -0.2) is 53.7 Å². The zero-order chi connectivity index (χ0) is 23.0. The molecule has 0 spiro atoms. The first-order valence-corrected chi connectivity index (χ1v) is 12.4. The molecule has 1 amide bonds. The van der Waals surface area contributed by atoms with Gasteiger partial charge in [0.05, 0.1) is 0 Å². The molecule has 2 aromatic rings. The summed E-state index contributed by atoms with van der Waals surface area (Å²) in [6.07, 6.45) is 4.96. The number of carbonyl (C=O) groups excluding carboxylic acids is 2. The number of rotatable bonds is 9. The maximum absolute atomic E-state index is 12.5. The number of carbonyl (C=O) groups is 2. The van der Waals surface area contributed by atoms with Crippen molar-refractivity contribution in [3.05, 3.63) is 71.3 Å². The van der Waals surface area contributed by atoms with E-state index < -0.39 is 0 Å². The summed E-state index contributed by atoms with van der Waals surface area (Å²) in [7, 11) is 0. The highest BCUT2D eigenvalue weighted by Crippen LogP contribution is 2.23. The molecule has 1 atom stereocenters. The SMILES string of the molecule is CC(=O)c1cccc(CN2CCC(CCC(=O)N[C@H]3CCN(Cc4ccccc4)C3)CC2)c1. The molecule has 0 bridgehead atoms. The molecule has 2 aliphatic heterocycles. The smallest absolute Gasteiger partial charge is 0.220 e. The van der Waals surface area contributed by atoms with E-state index in [1.165, 1.54) is 11.1 Å². The molecule has 0 radical (unpaired) electrons. The van der Waals surface area contributed by atoms with E-state index in [9.17, 15) is 9.59 Å². The second kappa shape index (κ2) is 11.6. The minimum Gasteiger partial charge on any atom is -0.352 e. The number of hydrogen-bond acceptors (Lipinski definition) is 4. The van der Waals surface area contributed by atoms with Gasteiger partial charge >= 0.3 is 0 Å². The van der Waals surface area contributed by atoms with Crippen molar-refractivity contribution in [2.45, 2.75) is 58.2 Å². The van der Waals surface area contributed by atoms with Crippen LogP contribution in [0, 0.1) is 5.92 Å². The summed E-state index contributed by atoms with van der Waals surface area (Å²) in [5.74, 6) is 0.967. The molecule has 2 aromatic carbocycles. The molecule has 0 unspecified atom stereocenters. The van der Waals surface area contributed by atoms with Crippen molar-refractivity contribution in [1.29, 1.82) is 0 Å². The summed E-state index contributed by atoms with van der Waals surface area (Å²) in [6, 6.07) is 18.8. The number of amides is 1. The molecule has 2 heterocycles. The summed E-state index contributed by atoms with van der Waals surface area (Å²) in [5, 5.41) is 3.27. The predicted octanol–water partition coefficient (Wildman–Crippen LogP) is 4.27. The highest BCUT2D eigenvalue weighted by atomic mass is 16.1. The Hall–Kier alpha value is -2.50. The van der Waals surface area contributed by atoms with Crippen molar-refractivity contribution in [2.24, 2.45) is 5.92 Å². The van der Waals surface area contributed by atoms with E-state index in [0.29, 0.717) is 12.3 Å². The highest BCUT2D eigenvalue weighted by molar-refractivity contribution is 5.94. The second-order valence-corrected chi connectivity index (χ2v) is 9.79. The number of nitrogens with one attached hydrogen (secondary N) is 1. The molecule has 5 heteroatoms. The third-order valence-corrected chi connectivity index (χ3v) is 7.11. The van der Waals surface area contributed by atoms with Gasteiger partial charge in [0, 0.05) is 44.2 Å². The normalized spacial score (nSPS) is 20.1. The highest BCUT2D eigenvalue weighted by Gasteiger charge is 2.25. The van der Waals surface area contributed by atoms with Gasteiger partial charge in [0.2, 0.25) is 5.91 Å². The number of piperidine rings is 1.